The lowest BCUT2D eigenvalue weighted by Crippen LogP contribution is -2.51. The molecule has 2 aromatic carbocycles. The van der Waals surface area contributed by atoms with Gasteiger partial charge in [0.15, 0.2) is 5.75 Å². The Kier molecular flexibility index (Phi) is 4.46. The van der Waals surface area contributed by atoms with Gasteiger partial charge in [0.1, 0.15) is 0 Å². The van der Waals surface area contributed by atoms with Crippen molar-refractivity contribution in [3.05, 3.63) is 48.5 Å². The Balaban J connectivity index is 2.69. The maximum atomic E-state index is 13.3. The number of hydrogen-bond donors (Lipinski definition) is 0. The first kappa shape index (κ1) is 20.4. The number of hydrogen-bond acceptors (Lipinski definition) is 7. The highest BCUT2D eigenvalue weighted by molar-refractivity contribution is 6.29. The minimum atomic E-state index is -0.958. The summed E-state index contributed by atoms with van der Waals surface area (Å²) < 4.78 is 5.40. The number of benzene rings is 2. The number of aryl methyl sites for hydroxylation is 2. The predicted molar refractivity (Wildman–Crippen MR) is 108 cm³/mol. The molecule has 0 saturated heterocycles. The van der Waals surface area contributed by atoms with Crippen LogP contribution in [0.4, 0.5) is 11.4 Å². The monoisotopic (exact) mass is 417 g/mol. The zero-order valence-corrected chi connectivity index (χ0v) is 18.8. The summed E-state index contributed by atoms with van der Waals surface area (Å²) in [7, 11) is 0.0636. The first-order valence-electron chi connectivity index (χ1n) is 8.70. The maximum Gasteiger partial charge on any atom is 0.313 e. The number of rotatable bonds is 3. The van der Waals surface area contributed by atoms with E-state index < -0.39 is 32.9 Å². The molecule has 10 nitrogen and oxygen atoms in total. The zero-order valence-electron chi connectivity index (χ0n) is 16.8. The molecule has 0 atom stereocenters. The van der Waals surface area contributed by atoms with Crippen LogP contribution in [0.5, 0.6) is 5.75 Å². The molecule has 0 radical (unpaired) electrons. The lowest BCUT2D eigenvalue weighted by Gasteiger charge is -2.37. The van der Waals surface area contributed by atoms with Crippen LogP contribution in [0.2, 0.25) is 0 Å². The lowest BCUT2D eigenvalue weighted by atomic mass is 9.85. The molecule has 0 aliphatic carbocycles. The molecule has 1 aliphatic rings. The van der Waals surface area contributed by atoms with E-state index in [9.17, 15) is 29.8 Å². The Morgan fingerprint density at radius 3 is 2.03 bits per heavy atom. The number of nitro groups is 2. The summed E-state index contributed by atoms with van der Waals surface area (Å²) >= 11 is 0. The third-order valence-corrected chi connectivity index (χ3v) is 5.49. The van der Waals surface area contributed by atoms with Crippen molar-refractivity contribution < 1.29 is 23.9 Å². The molecule has 1 aliphatic heterocycles. The zero-order chi connectivity index (χ0) is 22.0. The van der Waals surface area contributed by atoms with Crippen LogP contribution in [0.1, 0.15) is 52.6 Å². The first-order valence-corrected chi connectivity index (χ1v) is 9.51. The minimum Gasteiger partial charge on any atom is -0.548 e. The second-order valence-electron chi connectivity index (χ2n) is 7.83. The molecule has 1 heterocycles. The van der Waals surface area contributed by atoms with Gasteiger partial charge in [0.25, 0.3) is 17.5 Å². The van der Waals surface area contributed by atoms with Crippen LogP contribution in [0.25, 0.3) is 10.8 Å². The van der Waals surface area contributed by atoms with Crippen molar-refractivity contribution in [1.82, 2.24) is 4.90 Å². The van der Waals surface area contributed by atoms with E-state index in [0.29, 0.717) is 0 Å². The molecule has 11 heteroatoms. The molecule has 0 aromatic heterocycles. The van der Waals surface area contributed by atoms with Gasteiger partial charge in [-0.05, 0) is 34.6 Å². The summed E-state index contributed by atoms with van der Waals surface area (Å²) in [5.41, 5.74) is -1.60. The van der Waals surface area contributed by atoms with Crippen LogP contribution in [-0.2, 0) is 0 Å². The average molecular weight is 417 g/mol. The fraction of sp³-hybridized carbons (Fsp3) is 0.333. The van der Waals surface area contributed by atoms with E-state index >= 15 is 0 Å². The van der Waals surface area contributed by atoms with Gasteiger partial charge in [0, 0.05) is 33.5 Å². The van der Waals surface area contributed by atoms with Gasteiger partial charge >= 0.3 is 5.69 Å². The van der Waals surface area contributed by atoms with Crippen LogP contribution >= 0.6 is 0 Å². The van der Waals surface area contributed by atoms with E-state index in [-0.39, 0.29) is 54.9 Å². The molecular weight excluding hydrogens is 398 g/mol. The van der Waals surface area contributed by atoms with Gasteiger partial charge in [-0.3, -0.25) is 34.7 Å². The fourth-order valence-corrected chi connectivity index (χ4v) is 4.33. The van der Waals surface area contributed by atoms with Crippen LogP contribution in [-0.4, -0.2) is 42.6 Å². The minimum absolute atomic E-state index is 0.0419. The molecule has 0 fully saturated rings. The van der Waals surface area contributed by atoms with Crippen LogP contribution < -0.4 is 4.43 Å². The number of imide groups is 1. The third kappa shape index (κ3) is 2.69. The van der Waals surface area contributed by atoms with Gasteiger partial charge in [0.05, 0.1) is 21.0 Å². The van der Waals surface area contributed by atoms with Crippen molar-refractivity contribution in [1.29, 1.82) is 0 Å². The van der Waals surface area contributed by atoms with Gasteiger partial charge < -0.3 is 4.43 Å². The standard InChI is InChI=1S/C18H19N3O7Si/c1-7-10(20(24)25)6-9-12-11(7)8(2)14(21(26)27)15(28-29)13(12)17(23)19(16(9)22)18(3,4)5/h6H,1-5,29H3. The van der Waals surface area contributed by atoms with Gasteiger partial charge in [-0.2, -0.15) is 0 Å². The second-order valence-corrected chi connectivity index (χ2v) is 8.24. The second kappa shape index (κ2) is 6.34. The van der Waals surface area contributed by atoms with Gasteiger partial charge in [0.2, 0.25) is 10.5 Å². The lowest BCUT2D eigenvalue weighted by molar-refractivity contribution is -0.386. The molecule has 152 valence electrons. The number of nitro benzene ring substituents is 2. The Morgan fingerprint density at radius 1 is 1.00 bits per heavy atom. The Morgan fingerprint density at radius 2 is 1.59 bits per heavy atom. The molecule has 3 rings (SSSR count). The highest BCUT2D eigenvalue weighted by Crippen LogP contribution is 2.48. The molecule has 2 amide bonds. The first-order chi connectivity index (χ1) is 13.3. The molecule has 0 spiro atoms. The summed E-state index contributed by atoms with van der Waals surface area (Å²) in [4.78, 5) is 49.6. The van der Waals surface area contributed by atoms with Crippen molar-refractivity contribution in [2.75, 3.05) is 0 Å². The molecule has 29 heavy (non-hydrogen) atoms. The number of amides is 2. The van der Waals surface area contributed by atoms with Gasteiger partial charge in [-0.15, -0.1) is 0 Å². The summed E-state index contributed by atoms with van der Waals surface area (Å²) in [6.07, 6.45) is 0. The maximum absolute atomic E-state index is 13.3. The van der Waals surface area contributed by atoms with Crippen molar-refractivity contribution >= 4 is 44.4 Å². The number of nitrogens with zero attached hydrogens (tertiary/aromatic N) is 3. The number of carbonyl (C=O) groups excluding carboxylic acids is 2. The molecule has 2 aromatic rings. The van der Waals surface area contributed by atoms with Crippen LogP contribution in [0.15, 0.2) is 6.07 Å². The van der Waals surface area contributed by atoms with E-state index in [0.717, 1.165) is 11.0 Å². The summed E-state index contributed by atoms with van der Waals surface area (Å²) in [5.74, 6) is -1.61. The van der Waals surface area contributed by atoms with Gasteiger partial charge in [-0.1, -0.05) is 0 Å². The topological polar surface area (TPSA) is 133 Å². The van der Waals surface area contributed by atoms with E-state index in [1.165, 1.54) is 13.8 Å². The number of carbonyl (C=O) groups is 2. The van der Waals surface area contributed by atoms with Gasteiger partial charge in [-0.25, -0.2) is 0 Å². The Labute approximate surface area is 168 Å². The van der Waals surface area contributed by atoms with E-state index in [2.05, 4.69) is 0 Å². The molecule has 0 N–H and O–H groups in total. The summed E-state index contributed by atoms with van der Waals surface area (Å²) in [6, 6.07) is 1.14. The van der Waals surface area contributed by atoms with Crippen molar-refractivity contribution in [2.24, 2.45) is 0 Å². The molecule has 0 unspecified atom stereocenters. The predicted octanol–water partition coefficient (Wildman–Crippen LogP) is 2.33. The Hall–Kier alpha value is -3.34. The fourth-order valence-electron chi connectivity index (χ4n) is 3.93. The van der Waals surface area contributed by atoms with E-state index in [1.807, 2.05) is 0 Å². The largest absolute Gasteiger partial charge is 0.548 e. The van der Waals surface area contributed by atoms with Crippen LogP contribution in [0.3, 0.4) is 0 Å². The van der Waals surface area contributed by atoms with Crippen LogP contribution in [0, 0.1) is 34.1 Å². The quantitative estimate of drug-likeness (QED) is 0.324. The highest BCUT2D eigenvalue weighted by atomic mass is 28.2. The average Bonchev–Trinajstić information content (AvgIpc) is 2.58. The van der Waals surface area contributed by atoms with Crippen molar-refractivity contribution in [3.63, 3.8) is 0 Å². The summed E-state index contributed by atoms with van der Waals surface area (Å²) in [5, 5.41) is 23.7. The highest BCUT2D eigenvalue weighted by Gasteiger charge is 2.45. The smallest absolute Gasteiger partial charge is 0.313 e. The normalized spacial score (nSPS) is 13.9. The molecular formula is C18H19N3O7Si. The molecule has 0 saturated carbocycles. The summed E-state index contributed by atoms with van der Waals surface area (Å²) in [6.45, 7) is 7.79. The van der Waals surface area contributed by atoms with Crippen molar-refractivity contribution in [2.45, 2.75) is 40.2 Å². The van der Waals surface area contributed by atoms with E-state index in [4.69, 9.17) is 4.43 Å². The SMILES string of the molecule is Cc1c([N+](=O)[O-])cc2c3c(c(O[SiH3])c([N+](=O)[O-])c(C)c13)C(=O)N(C(C)(C)C)C2=O. The van der Waals surface area contributed by atoms with Crippen molar-refractivity contribution in [3.8, 4) is 5.75 Å². The van der Waals surface area contributed by atoms with E-state index in [1.54, 1.807) is 20.8 Å². The third-order valence-electron chi connectivity index (χ3n) is 5.09. The molecule has 0 bridgehead atoms. The Bertz CT molecular complexity index is 1150.